The van der Waals surface area contributed by atoms with Crippen molar-refractivity contribution in [3.8, 4) is 0 Å². The van der Waals surface area contributed by atoms with Gasteiger partial charge >= 0.3 is 23.9 Å². The van der Waals surface area contributed by atoms with Crippen LogP contribution < -0.4 is 31.9 Å². The zero-order chi connectivity index (χ0) is 55.2. The number of carboxylic acid groups (broad SMARTS) is 1. The first-order chi connectivity index (χ1) is 36.6. The van der Waals surface area contributed by atoms with Gasteiger partial charge in [0.15, 0.2) is 17.5 Å². The van der Waals surface area contributed by atoms with Crippen molar-refractivity contribution in [1.82, 2.24) is 35.9 Å². The number of aliphatic carboxylic acids is 1. The second kappa shape index (κ2) is 35.1. The van der Waals surface area contributed by atoms with Crippen LogP contribution in [0.2, 0.25) is 0 Å². The lowest BCUT2D eigenvalue weighted by atomic mass is 9.97. The van der Waals surface area contributed by atoms with Gasteiger partial charge in [0.05, 0.1) is 50.4 Å². The number of esters is 3. The van der Waals surface area contributed by atoms with Gasteiger partial charge in [-0.25, -0.2) is 0 Å². The van der Waals surface area contributed by atoms with Crippen molar-refractivity contribution < 1.29 is 43.3 Å². The number of piperidine rings is 3. The van der Waals surface area contributed by atoms with Gasteiger partial charge in [-0.3, -0.25) is 24.0 Å². The number of aromatic nitrogens is 6. The quantitative estimate of drug-likeness (QED) is 0.0574. The zero-order valence-corrected chi connectivity index (χ0v) is 45.7. The molecule has 3 saturated heterocycles. The van der Waals surface area contributed by atoms with Crippen LogP contribution in [0.1, 0.15) is 89.0 Å². The number of ether oxygens (including phenoxy) is 3. The molecule has 2 aromatic carbocycles. The van der Waals surface area contributed by atoms with E-state index in [1.54, 1.807) is 24.3 Å². The molecule has 3 fully saturated rings. The summed E-state index contributed by atoms with van der Waals surface area (Å²) < 4.78 is 15.7. The number of carboxylic acids is 1. The number of halogens is 1. The van der Waals surface area contributed by atoms with Crippen molar-refractivity contribution in [2.45, 2.75) is 93.4 Å². The Labute approximate surface area is 460 Å². The lowest BCUT2D eigenvalue weighted by Gasteiger charge is -2.31. The molecular weight excluding hydrogens is 1050 g/mol. The van der Waals surface area contributed by atoms with E-state index in [1.165, 1.54) is 0 Å². The number of carbonyl (C=O) groups excluding carboxylic acids is 4. The second-order valence-corrected chi connectivity index (χ2v) is 18.8. The predicted octanol–water partition coefficient (Wildman–Crippen LogP) is 7.21. The summed E-state index contributed by atoms with van der Waals surface area (Å²) in [6.07, 6.45) is 5.35. The van der Waals surface area contributed by atoms with E-state index in [-0.39, 0.29) is 55.4 Å². The smallest absolute Gasteiger partial charge is 0.309 e. The lowest BCUT2D eigenvalue weighted by molar-refractivity contribution is -0.149. The summed E-state index contributed by atoms with van der Waals surface area (Å²) in [6.45, 7) is 15.8. The molecule has 0 aliphatic carbocycles. The summed E-state index contributed by atoms with van der Waals surface area (Å²) in [6, 6.07) is 26.0. The van der Waals surface area contributed by atoms with Crippen LogP contribution in [0.25, 0.3) is 0 Å². The highest BCUT2D eigenvalue weighted by molar-refractivity contribution is 9.10. The number of hydrogen-bond donors (Lipinski definition) is 5. The maximum atomic E-state index is 12.2. The van der Waals surface area contributed by atoms with Crippen LogP contribution in [0, 0.1) is 31.6 Å². The van der Waals surface area contributed by atoms with E-state index in [0.717, 1.165) is 112 Å². The largest absolute Gasteiger partial charge is 0.481 e. The van der Waals surface area contributed by atoms with E-state index < -0.39 is 5.97 Å². The van der Waals surface area contributed by atoms with Crippen LogP contribution in [0.4, 0.5) is 29.1 Å². The highest BCUT2D eigenvalue weighted by Gasteiger charge is 2.28. The summed E-state index contributed by atoms with van der Waals surface area (Å²) in [7, 11) is 0. The van der Waals surface area contributed by atoms with Gasteiger partial charge in [0.2, 0.25) is 5.91 Å². The molecule has 21 nitrogen and oxygen atoms in total. The Morgan fingerprint density at radius 3 is 1.40 bits per heavy atom. The number of aryl methyl sites for hydroxylation is 2. The number of anilines is 5. The fraction of sp³-hybridized carbons (Fsp3) is 0.473. The molecule has 8 rings (SSSR count). The number of carbonyl (C=O) groups is 5. The minimum atomic E-state index is -0.782. The van der Waals surface area contributed by atoms with Crippen LogP contribution >= 0.6 is 15.9 Å². The highest BCUT2D eigenvalue weighted by Crippen LogP contribution is 2.24. The molecule has 5 aromatic rings. The van der Waals surface area contributed by atoms with Gasteiger partial charge in [-0.05, 0) is 150 Å². The molecule has 1 amide bonds. The molecule has 6 heterocycles. The SMILES string of the molecule is C.CCOC(=O)C1CCN(c2ccc(N)nn2)CC1.CCOC(=O)C1CCN(c2ccc(NC(=O)Cc3cccc(C)c3)nn2)CC1.CCOC(=O)C1CCNCC1.Cc1cccc(CC(=O)O)c1.Nc1ccc(Br)nn1. The minimum absolute atomic E-state index is 0. The fourth-order valence-corrected chi connectivity index (χ4v) is 8.32. The third-order valence-corrected chi connectivity index (χ3v) is 12.4. The van der Waals surface area contributed by atoms with Gasteiger partial charge in [-0.2, -0.15) is 0 Å². The fourth-order valence-electron chi connectivity index (χ4n) is 8.11. The van der Waals surface area contributed by atoms with Crippen LogP contribution in [0.5, 0.6) is 0 Å². The lowest BCUT2D eigenvalue weighted by Crippen LogP contribution is -2.37. The molecule has 0 bridgehead atoms. The number of hydrogen-bond acceptors (Lipinski definition) is 19. The first-order valence-corrected chi connectivity index (χ1v) is 26.4. The summed E-state index contributed by atoms with van der Waals surface area (Å²) in [5.41, 5.74) is 14.8. The molecule has 0 saturated carbocycles. The van der Waals surface area contributed by atoms with Crippen molar-refractivity contribution in [3.05, 3.63) is 112 Å². The standard InChI is InChI=1S/C21H26N4O3.C12H18N4O2.C9H10O2.C8H15NO2.C4H4BrN3.CH4/c1-3-28-21(27)17-9-11-25(12-10-17)19-8-7-18(23-24-19)22-20(26)14-16-6-4-5-15(2)13-16;1-2-18-12(17)9-5-7-16(8-6-9)11-4-3-10(13)14-15-11;1-7-3-2-4-8(5-7)6-9(10)11;1-2-11-8(10)7-3-5-9-6-4-7;5-3-1-2-4(6)8-7-3;/h4-8,13,17H,3,9-12,14H2,1-2H3,(H,22,23,26);3-4,9H,2,5-8H2,1H3,(H2,13,14);2-5H,6H2,1H3,(H,10,11);7,9H,2-6H2,1H3;1-2H,(H2,6,8);1H4. The number of nitrogens with two attached hydrogens (primary N) is 2. The maximum absolute atomic E-state index is 12.2. The number of benzene rings is 2. The minimum Gasteiger partial charge on any atom is -0.481 e. The highest BCUT2D eigenvalue weighted by atomic mass is 79.9. The average Bonchev–Trinajstić information content (AvgIpc) is 3.41. The molecule has 7 N–H and O–H groups in total. The normalized spacial score (nSPS) is 14.3. The van der Waals surface area contributed by atoms with E-state index in [9.17, 15) is 24.0 Å². The third-order valence-electron chi connectivity index (χ3n) is 12.0. The van der Waals surface area contributed by atoms with Gasteiger partial charge in [0.25, 0.3) is 0 Å². The molecule has 3 aliphatic rings. The van der Waals surface area contributed by atoms with E-state index in [2.05, 4.69) is 67.0 Å². The Morgan fingerprint density at radius 2 is 1.03 bits per heavy atom. The number of nitrogen functional groups attached to an aromatic ring is 2. The number of amides is 1. The molecule has 3 aliphatic heterocycles. The maximum Gasteiger partial charge on any atom is 0.309 e. The Kier molecular flexibility index (Phi) is 29.1. The Morgan fingerprint density at radius 1 is 0.597 bits per heavy atom. The molecule has 0 radical (unpaired) electrons. The zero-order valence-electron chi connectivity index (χ0n) is 44.2. The van der Waals surface area contributed by atoms with Gasteiger partial charge in [0.1, 0.15) is 16.2 Å². The van der Waals surface area contributed by atoms with Crippen LogP contribution in [-0.2, 0) is 51.0 Å². The Balaban J connectivity index is 0.000000273. The first-order valence-electron chi connectivity index (χ1n) is 25.6. The molecule has 418 valence electrons. The van der Waals surface area contributed by atoms with Gasteiger partial charge < -0.3 is 51.2 Å². The molecule has 22 heteroatoms. The van der Waals surface area contributed by atoms with Gasteiger partial charge in [-0.15, -0.1) is 30.6 Å². The summed E-state index contributed by atoms with van der Waals surface area (Å²) in [4.78, 5) is 61.3. The average molecular weight is 1130 g/mol. The molecule has 3 aromatic heterocycles. The predicted molar refractivity (Wildman–Crippen MR) is 301 cm³/mol. The van der Waals surface area contributed by atoms with Gasteiger partial charge in [-0.1, -0.05) is 67.1 Å². The third kappa shape index (κ3) is 24.5. The molecule has 0 atom stereocenters. The Bertz CT molecular complexity index is 2520. The van der Waals surface area contributed by atoms with Crippen molar-refractivity contribution in [3.63, 3.8) is 0 Å². The monoisotopic (exact) mass is 1130 g/mol. The van der Waals surface area contributed by atoms with E-state index in [1.807, 2.05) is 95.3 Å². The molecule has 0 unspecified atom stereocenters. The number of rotatable bonds is 13. The van der Waals surface area contributed by atoms with Crippen LogP contribution in [0.3, 0.4) is 0 Å². The molecule has 77 heavy (non-hydrogen) atoms. The van der Waals surface area contributed by atoms with Crippen molar-refractivity contribution in [2.24, 2.45) is 17.8 Å². The van der Waals surface area contributed by atoms with Crippen molar-refractivity contribution >= 4 is 74.8 Å². The van der Waals surface area contributed by atoms with Crippen LogP contribution in [0.15, 0.2) is 89.5 Å². The molecular formula is C55H77BrN12O9. The van der Waals surface area contributed by atoms with Crippen LogP contribution in [-0.4, -0.2) is 125 Å². The summed E-state index contributed by atoms with van der Waals surface area (Å²) in [5, 5.41) is 37.8. The van der Waals surface area contributed by atoms with E-state index in [0.29, 0.717) is 48.3 Å². The van der Waals surface area contributed by atoms with Gasteiger partial charge in [0, 0.05) is 26.2 Å². The number of nitrogens with zero attached hydrogens (tertiary/aromatic N) is 8. The van der Waals surface area contributed by atoms with Crippen molar-refractivity contribution in [2.75, 3.05) is 85.7 Å². The molecule has 0 spiro atoms. The Hall–Kier alpha value is -7.33. The first kappa shape index (κ1) is 64.0. The van der Waals surface area contributed by atoms with E-state index in [4.69, 9.17) is 30.8 Å². The van der Waals surface area contributed by atoms with E-state index >= 15 is 0 Å². The summed E-state index contributed by atoms with van der Waals surface area (Å²) >= 11 is 3.12. The summed E-state index contributed by atoms with van der Waals surface area (Å²) in [5.74, 6) is 1.86. The topological polar surface area (TPSA) is 293 Å². The second-order valence-electron chi connectivity index (χ2n) is 18.0. The number of nitrogens with one attached hydrogen (secondary N) is 2. The van der Waals surface area contributed by atoms with Crippen molar-refractivity contribution in [1.29, 1.82) is 0 Å².